The minimum atomic E-state index is 0.814. The fourth-order valence-corrected chi connectivity index (χ4v) is 5.45. The first-order valence-electron chi connectivity index (χ1n) is 10.3. The molecule has 2 fully saturated rings. The van der Waals surface area contributed by atoms with Gasteiger partial charge >= 0.3 is 0 Å². The van der Waals surface area contributed by atoms with E-state index in [9.17, 15) is 0 Å². The number of benzene rings is 2. The lowest BCUT2D eigenvalue weighted by Gasteiger charge is -2.22. The summed E-state index contributed by atoms with van der Waals surface area (Å²) < 4.78 is 2.22. The largest absolute Gasteiger partial charge is 0.213 e. The molecule has 3 atom stereocenters. The summed E-state index contributed by atoms with van der Waals surface area (Å²) in [7, 11) is 2.13. The second kappa shape index (κ2) is 6.64. The third-order valence-corrected chi connectivity index (χ3v) is 6.98. The van der Waals surface area contributed by atoms with Crippen LogP contribution in [0.25, 0.3) is 22.4 Å². The highest BCUT2D eigenvalue weighted by Crippen LogP contribution is 2.52. The highest BCUT2D eigenvalue weighted by molar-refractivity contribution is 5.70. The van der Waals surface area contributed by atoms with Gasteiger partial charge in [-0.1, -0.05) is 48.9 Å². The summed E-state index contributed by atoms with van der Waals surface area (Å²) in [5.41, 5.74) is 8.06. The van der Waals surface area contributed by atoms with Crippen LogP contribution in [0.4, 0.5) is 0 Å². The van der Waals surface area contributed by atoms with Crippen molar-refractivity contribution in [1.29, 1.82) is 0 Å². The highest BCUT2D eigenvalue weighted by Gasteiger charge is 2.39. The van der Waals surface area contributed by atoms with Crippen molar-refractivity contribution in [2.75, 3.05) is 0 Å². The summed E-state index contributed by atoms with van der Waals surface area (Å²) in [6.45, 7) is 2.19. The molecule has 1 heterocycles. The van der Waals surface area contributed by atoms with E-state index in [-0.39, 0.29) is 0 Å². The molecule has 1 heteroatoms. The normalized spacial score (nSPS) is 23.7. The van der Waals surface area contributed by atoms with Gasteiger partial charge in [0.15, 0.2) is 6.20 Å². The average Bonchev–Trinajstić information content (AvgIpc) is 3.33. The first-order chi connectivity index (χ1) is 13.2. The predicted octanol–water partition coefficient (Wildman–Crippen LogP) is 6.06. The second-order valence-corrected chi connectivity index (χ2v) is 8.63. The molecule has 136 valence electrons. The van der Waals surface area contributed by atoms with E-state index in [1.165, 1.54) is 53.6 Å². The van der Waals surface area contributed by atoms with Crippen LogP contribution < -0.4 is 4.57 Å². The summed E-state index contributed by atoms with van der Waals surface area (Å²) in [6.07, 6.45) is 8.00. The molecule has 2 saturated carbocycles. The molecule has 2 aromatic carbocycles. The minimum absolute atomic E-state index is 0.814. The number of aryl methyl sites for hydroxylation is 2. The van der Waals surface area contributed by atoms with Gasteiger partial charge in [0.25, 0.3) is 0 Å². The van der Waals surface area contributed by atoms with Gasteiger partial charge in [0.05, 0.1) is 0 Å². The van der Waals surface area contributed by atoms with Gasteiger partial charge in [0, 0.05) is 17.7 Å². The van der Waals surface area contributed by atoms with Gasteiger partial charge in [-0.25, -0.2) is 4.57 Å². The zero-order valence-corrected chi connectivity index (χ0v) is 16.4. The van der Waals surface area contributed by atoms with Gasteiger partial charge in [-0.3, -0.25) is 0 Å². The quantitative estimate of drug-likeness (QED) is 0.504. The van der Waals surface area contributed by atoms with Crippen LogP contribution in [-0.2, 0) is 7.05 Å². The van der Waals surface area contributed by atoms with Crippen LogP contribution >= 0.6 is 0 Å². The monoisotopic (exact) mass is 354 g/mol. The Morgan fingerprint density at radius 3 is 2.37 bits per heavy atom. The maximum absolute atomic E-state index is 2.39. The Labute approximate surface area is 162 Å². The standard InChI is InChI=1S/C26H28N/c1-18-5-3-4-6-24(18)26-17-22(13-14-27(26)2)20-9-11-21(12-10-20)25-16-19-7-8-23(25)15-19/h3-6,9-14,17,19,23,25H,7-8,15-16H2,1-2H3/q+1. The molecule has 0 amide bonds. The number of hydrogen-bond acceptors (Lipinski definition) is 0. The average molecular weight is 355 g/mol. The van der Waals surface area contributed by atoms with Crippen molar-refractivity contribution in [2.45, 2.75) is 38.5 Å². The lowest BCUT2D eigenvalue weighted by molar-refractivity contribution is -0.660. The first kappa shape index (κ1) is 16.7. The first-order valence-corrected chi connectivity index (χ1v) is 10.3. The summed E-state index contributed by atoms with van der Waals surface area (Å²) in [4.78, 5) is 0. The molecule has 2 bridgehead atoms. The zero-order valence-electron chi connectivity index (χ0n) is 16.4. The van der Waals surface area contributed by atoms with Gasteiger partial charge in [-0.2, -0.15) is 0 Å². The van der Waals surface area contributed by atoms with E-state index >= 15 is 0 Å². The number of rotatable bonds is 3. The molecular formula is C26H28N+. The Kier molecular flexibility index (Phi) is 4.11. The van der Waals surface area contributed by atoms with E-state index in [1.54, 1.807) is 5.56 Å². The van der Waals surface area contributed by atoms with Gasteiger partial charge in [0.2, 0.25) is 5.69 Å². The lowest BCUT2D eigenvalue weighted by atomic mass is 9.83. The van der Waals surface area contributed by atoms with Crippen molar-refractivity contribution in [3.8, 4) is 22.4 Å². The van der Waals surface area contributed by atoms with Crippen molar-refractivity contribution in [3.05, 3.63) is 78.0 Å². The van der Waals surface area contributed by atoms with Gasteiger partial charge < -0.3 is 0 Å². The topological polar surface area (TPSA) is 3.88 Å². The number of pyridine rings is 1. The minimum Gasteiger partial charge on any atom is -0.201 e. The molecule has 3 unspecified atom stereocenters. The fourth-order valence-electron chi connectivity index (χ4n) is 5.45. The van der Waals surface area contributed by atoms with Crippen molar-refractivity contribution in [3.63, 3.8) is 0 Å². The van der Waals surface area contributed by atoms with E-state index in [0.29, 0.717) is 0 Å². The van der Waals surface area contributed by atoms with Gasteiger partial charge in [-0.05, 0) is 72.3 Å². The molecule has 1 nitrogen and oxygen atoms in total. The summed E-state index contributed by atoms with van der Waals surface area (Å²) >= 11 is 0. The molecule has 0 aliphatic heterocycles. The zero-order chi connectivity index (χ0) is 18.4. The second-order valence-electron chi connectivity index (χ2n) is 8.63. The molecule has 0 spiro atoms. The number of aromatic nitrogens is 1. The van der Waals surface area contributed by atoms with Crippen molar-refractivity contribution >= 4 is 0 Å². The van der Waals surface area contributed by atoms with Crippen LogP contribution in [0.3, 0.4) is 0 Å². The third kappa shape index (κ3) is 3.00. The Morgan fingerprint density at radius 1 is 0.852 bits per heavy atom. The Hall–Kier alpha value is -2.41. The third-order valence-electron chi connectivity index (χ3n) is 6.98. The number of fused-ring (bicyclic) bond motifs is 2. The summed E-state index contributed by atoms with van der Waals surface area (Å²) in [5, 5.41) is 0. The maximum atomic E-state index is 2.39. The molecule has 1 aromatic heterocycles. The predicted molar refractivity (Wildman–Crippen MR) is 111 cm³/mol. The Balaban J connectivity index is 1.47. The van der Waals surface area contributed by atoms with Crippen LogP contribution in [0.2, 0.25) is 0 Å². The SMILES string of the molecule is Cc1ccccc1-c1cc(-c2ccc(C3CC4CCC3C4)cc2)cc[n+]1C. The van der Waals surface area contributed by atoms with E-state index in [4.69, 9.17) is 0 Å². The molecule has 2 aliphatic carbocycles. The maximum Gasteiger partial charge on any atom is 0.213 e. The van der Waals surface area contributed by atoms with Crippen LogP contribution in [0, 0.1) is 18.8 Å². The lowest BCUT2D eigenvalue weighted by Crippen LogP contribution is -2.30. The van der Waals surface area contributed by atoms with Gasteiger partial charge in [-0.15, -0.1) is 0 Å². The molecule has 5 rings (SSSR count). The summed E-state index contributed by atoms with van der Waals surface area (Å²) in [5.74, 6) is 2.77. The van der Waals surface area contributed by atoms with Crippen molar-refractivity contribution < 1.29 is 4.57 Å². The molecule has 2 aliphatic rings. The fraction of sp³-hybridized carbons (Fsp3) is 0.346. The van der Waals surface area contributed by atoms with E-state index in [0.717, 1.165) is 17.8 Å². The van der Waals surface area contributed by atoms with Crippen LogP contribution in [0.15, 0.2) is 66.9 Å². The van der Waals surface area contributed by atoms with E-state index in [2.05, 4.69) is 85.4 Å². The van der Waals surface area contributed by atoms with E-state index in [1.807, 2.05) is 0 Å². The smallest absolute Gasteiger partial charge is 0.201 e. The molecule has 0 N–H and O–H groups in total. The molecular weight excluding hydrogens is 326 g/mol. The van der Waals surface area contributed by atoms with Gasteiger partial charge in [0.1, 0.15) is 7.05 Å². The highest BCUT2D eigenvalue weighted by atomic mass is 14.9. The van der Waals surface area contributed by atoms with Crippen molar-refractivity contribution in [1.82, 2.24) is 0 Å². The summed E-state index contributed by atoms with van der Waals surface area (Å²) in [6, 6.07) is 22.6. The number of hydrogen-bond donors (Lipinski definition) is 0. The van der Waals surface area contributed by atoms with Crippen LogP contribution in [0.5, 0.6) is 0 Å². The van der Waals surface area contributed by atoms with Crippen LogP contribution in [0.1, 0.15) is 42.7 Å². The molecule has 0 radical (unpaired) electrons. The molecule has 0 saturated heterocycles. The van der Waals surface area contributed by atoms with E-state index < -0.39 is 0 Å². The number of nitrogens with zero attached hydrogens (tertiary/aromatic N) is 1. The molecule has 27 heavy (non-hydrogen) atoms. The molecule has 3 aromatic rings. The van der Waals surface area contributed by atoms with Crippen molar-refractivity contribution in [2.24, 2.45) is 18.9 Å². The van der Waals surface area contributed by atoms with Crippen LogP contribution in [-0.4, -0.2) is 0 Å². The Morgan fingerprint density at radius 2 is 1.67 bits per heavy atom. The Bertz CT molecular complexity index is 970.